The third kappa shape index (κ3) is 2.07. The minimum atomic E-state index is -0.205. The van der Waals surface area contributed by atoms with E-state index in [1.807, 2.05) is 24.4 Å². The van der Waals surface area contributed by atoms with Gasteiger partial charge in [0.05, 0.1) is 4.88 Å². The monoisotopic (exact) mass is 222 g/mol. The first-order valence-corrected chi connectivity index (χ1v) is 5.48. The summed E-state index contributed by atoms with van der Waals surface area (Å²) in [6.45, 7) is 2.44. The van der Waals surface area contributed by atoms with E-state index >= 15 is 0 Å². The van der Waals surface area contributed by atoms with Crippen LogP contribution in [0.4, 0.5) is 0 Å². The Kier molecular flexibility index (Phi) is 2.82. The fourth-order valence-corrected chi connectivity index (χ4v) is 1.84. The summed E-state index contributed by atoms with van der Waals surface area (Å²) in [5, 5.41) is 8.32. The fraction of sp³-hybridized carbons (Fsp3) is 0.200. The minimum Gasteiger partial charge on any atom is -0.355 e. The van der Waals surface area contributed by atoms with Crippen molar-refractivity contribution in [2.75, 3.05) is 6.54 Å². The van der Waals surface area contributed by atoms with Gasteiger partial charge in [0.15, 0.2) is 11.5 Å². The van der Waals surface area contributed by atoms with Crippen molar-refractivity contribution in [1.82, 2.24) is 10.5 Å². The Hall–Kier alpha value is -1.62. The predicted molar refractivity (Wildman–Crippen MR) is 57.8 cm³/mol. The van der Waals surface area contributed by atoms with Gasteiger partial charge in [0.2, 0.25) is 0 Å². The van der Waals surface area contributed by atoms with E-state index in [1.54, 1.807) is 17.4 Å². The molecule has 0 bridgehead atoms. The number of nitrogens with one attached hydrogen (secondary N) is 1. The second-order valence-electron chi connectivity index (χ2n) is 2.91. The van der Waals surface area contributed by atoms with Crippen molar-refractivity contribution in [3.05, 3.63) is 29.3 Å². The summed E-state index contributed by atoms with van der Waals surface area (Å²) in [6.07, 6.45) is 0. The molecule has 0 saturated heterocycles. The van der Waals surface area contributed by atoms with Crippen LogP contribution in [0.5, 0.6) is 0 Å². The summed E-state index contributed by atoms with van der Waals surface area (Å²) in [7, 11) is 0. The largest absolute Gasteiger partial charge is 0.355 e. The zero-order chi connectivity index (χ0) is 10.7. The van der Waals surface area contributed by atoms with Gasteiger partial charge < -0.3 is 9.84 Å². The number of nitrogens with zero attached hydrogens (tertiary/aromatic N) is 1. The van der Waals surface area contributed by atoms with Gasteiger partial charge in [-0.05, 0) is 18.4 Å². The molecule has 2 heterocycles. The van der Waals surface area contributed by atoms with E-state index in [0.29, 0.717) is 18.0 Å². The number of amides is 1. The standard InChI is InChI=1S/C10H10N2O2S/c1-2-11-10(13)7-6-8(14-12-7)9-4-3-5-15-9/h3-6H,2H2,1H3,(H,11,13). The summed E-state index contributed by atoms with van der Waals surface area (Å²) < 4.78 is 5.08. The molecule has 0 aliphatic rings. The topological polar surface area (TPSA) is 55.1 Å². The number of carbonyl (C=O) groups is 1. The van der Waals surface area contributed by atoms with Gasteiger partial charge in [0, 0.05) is 12.6 Å². The molecular weight excluding hydrogens is 212 g/mol. The van der Waals surface area contributed by atoms with Crippen LogP contribution < -0.4 is 5.32 Å². The van der Waals surface area contributed by atoms with Gasteiger partial charge in [-0.15, -0.1) is 11.3 Å². The van der Waals surface area contributed by atoms with Gasteiger partial charge in [-0.25, -0.2) is 0 Å². The van der Waals surface area contributed by atoms with Crippen LogP contribution >= 0.6 is 11.3 Å². The van der Waals surface area contributed by atoms with Crippen molar-refractivity contribution < 1.29 is 9.32 Å². The normalized spacial score (nSPS) is 10.2. The Morgan fingerprint density at radius 1 is 1.67 bits per heavy atom. The highest BCUT2D eigenvalue weighted by molar-refractivity contribution is 7.13. The van der Waals surface area contributed by atoms with Crippen molar-refractivity contribution >= 4 is 17.2 Å². The average molecular weight is 222 g/mol. The number of thiophene rings is 1. The summed E-state index contributed by atoms with van der Waals surface area (Å²) in [5.74, 6) is 0.426. The molecule has 0 saturated carbocycles. The van der Waals surface area contributed by atoms with Gasteiger partial charge in [-0.3, -0.25) is 4.79 Å². The Morgan fingerprint density at radius 3 is 3.20 bits per heavy atom. The van der Waals surface area contributed by atoms with Gasteiger partial charge in [-0.1, -0.05) is 11.2 Å². The van der Waals surface area contributed by atoms with Gasteiger partial charge in [0.1, 0.15) is 0 Å². The number of aromatic nitrogens is 1. The Balaban J connectivity index is 2.21. The van der Waals surface area contributed by atoms with E-state index in [1.165, 1.54) is 0 Å². The van der Waals surface area contributed by atoms with Crippen LogP contribution in [0.1, 0.15) is 17.4 Å². The van der Waals surface area contributed by atoms with Crippen molar-refractivity contribution in [2.24, 2.45) is 0 Å². The minimum absolute atomic E-state index is 0.205. The number of rotatable bonds is 3. The van der Waals surface area contributed by atoms with Crippen molar-refractivity contribution in [3.63, 3.8) is 0 Å². The lowest BCUT2D eigenvalue weighted by Crippen LogP contribution is -2.22. The molecule has 5 heteroatoms. The summed E-state index contributed by atoms with van der Waals surface area (Å²) in [5.41, 5.74) is 0.320. The van der Waals surface area contributed by atoms with Crippen LogP contribution in [0.3, 0.4) is 0 Å². The highest BCUT2D eigenvalue weighted by Gasteiger charge is 2.12. The van der Waals surface area contributed by atoms with Crippen molar-refractivity contribution in [1.29, 1.82) is 0 Å². The van der Waals surface area contributed by atoms with Crippen LogP contribution in [-0.2, 0) is 0 Å². The molecule has 0 spiro atoms. The Bertz CT molecular complexity index is 448. The summed E-state index contributed by atoms with van der Waals surface area (Å²) in [6, 6.07) is 5.50. The maximum absolute atomic E-state index is 11.4. The molecule has 2 rings (SSSR count). The zero-order valence-electron chi connectivity index (χ0n) is 8.19. The van der Waals surface area contributed by atoms with Crippen molar-refractivity contribution in [3.8, 4) is 10.6 Å². The first kappa shape index (κ1) is 9.92. The molecule has 0 unspecified atom stereocenters. The van der Waals surface area contributed by atoms with Crippen LogP contribution in [0.2, 0.25) is 0 Å². The van der Waals surface area contributed by atoms with Gasteiger partial charge in [-0.2, -0.15) is 0 Å². The quantitative estimate of drug-likeness (QED) is 0.865. The molecule has 0 aromatic carbocycles. The van der Waals surface area contributed by atoms with Gasteiger partial charge >= 0.3 is 0 Å². The number of carbonyl (C=O) groups excluding carboxylic acids is 1. The van der Waals surface area contributed by atoms with Crippen LogP contribution in [0, 0.1) is 0 Å². The number of hydrogen-bond donors (Lipinski definition) is 1. The highest BCUT2D eigenvalue weighted by atomic mass is 32.1. The molecule has 0 atom stereocenters. The molecule has 0 radical (unpaired) electrons. The van der Waals surface area contributed by atoms with E-state index < -0.39 is 0 Å². The SMILES string of the molecule is CCNC(=O)c1cc(-c2cccs2)on1. The van der Waals surface area contributed by atoms with Crippen LogP contribution in [0.25, 0.3) is 10.6 Å². The lowest BCUT2D eigenvalue weighted by atomic mass is 10.3. The first-order chi connectivity index (χ1) is 7.31. The Labute approximate surface area is 90.9 Å². The average Bonchev–Trinajstić information content (AvgIpc) is 2.89. The summed E-state index contributed by atoms with van der Waals surface area (Å²) >= 11 is 1.55. The molecule has 2 aromatic rings. The molecule has 15 heavy (non-hydrogen) atoms. The maximum atomic E-state index is 11.4. The van der Waals surface area contributed by atoms with Crippen molar-refractivity contribution in [2.45, 2.75) is 6.92 Å². The second kappa shape index (κ2) is 4.27. The number of hydrogen-bond acceptors (Lipinski definition) is 4. The molecular formula is C10H10N2O2S. The van der Waals surface area contributed by atoms with Crippen LogP contribution in [0.15, 0.2) is 28.1 Å². The summed E-state index contributed by atoms with van der Waals surface area (Å²) in [4.78, 5) is 12.4. The molecule has 2 aromatic heterocycles. The second-order valence-corrected chi connectivity index (χ2v) is 3.86. The molecule has 0 aliphatic carbocycles. The van der Waals surface area contributed by atoms with E-state index in [4.69, 9.17) is 4.52 Å². The van der Waals surface area contributed by atoms with Gasteiger partial charge in [0.25, 0.3) is 5.91 Å². The smallest absolute Gasteiger partial charge is 0.273 e. The molecule has 0 fully saturated rings. The van der Waals surface area contributed by atoms with E-state index in [9.17, 15) is 4.79 Å². The molecule has 1 amide bonds. The molecule has 1 N–H and O–H groups in total. The lowest BCUT2D eigenvalue weighted by molar-refractivity contribution is 0.0947. The molecule has 78 valence electrons. The third-order valence-corrected chi connectivity index (χ3v) is 2.73. The Morgan fingerprint density at radius 2 is 2.53 bits per heavy atom. The molecule has 0 aliphatic heterocycles. The zero-order valence-corrected chi connectivity index (χ0v) is 9.00. The first-order valence-electron chi connectivity index (χ1n) is 4.60. The molecule has 4 nitrogen and oxygen atoms in total. The fourth-order valence-electron chi connectivity index (χ4n) is 1.17. The van der Waals surface area contributed by atoms with Crippen LogP contribution in [-0.4, -0.2) is 17.6 Å². The van der Waals surface area contributed by atoms with E-state index in [2.05, 4.69) is 10.5 Å². The predicted octanol–water partition coefficient (Wildman–Crippen LogP) is 2.15. The lowest BCUT2D eigenvalue weighted by Gasteiger charge is -1.94. The van der Waals surface area contributed by atoms with E-state index in [0.717, 1.165) is 4.88 Å². The van der Waals surface area contributed by atoms with E-state index in [-0.39, 0.29) is 5.91 Å². The maximum Gasteiger partial charge on any atom is 0.273 e. The highest BCUT2D eigenvalue weighted by Crippen LogP contribution is 2.24. The third-order valence-electron chi connectivity index (χ3n) is 1.84.